The van der Waals surface area contributed by atoms with Crippen LogP contribution < -0.4 is 10.2 Å². The van der Waals surface area contributed by atoms with Crippen LogP contribution in [0.2, 0.25) is 0 Å². The van der Waals surface area contributed by atoms with Gasteiger partial charge in [-0.2, -0.15) is 0 Å². The summed E-state index contributed by atoms with van der Waals surface area (Å²) in [4.78, 5) is 25.5. The van der Waals surface area contributed by atoms with Gasteiger partial charge in [0.2, 0.25) is 5.91 Å². The van der Waals surface area contributed by atoms with E-state index in [1.165, 1.54) is 244 Å². The summed E-state index contributed by atoms with van der Waals surface area (Å²) in [5, 5.41) is 14.0. The zero-order chi connectivity index (χ0) is 48.5. The van der Waals surface area contributed by atoms with Crippen molar-refractivity contribution in [1.82, 2.24) is 5.32 Å². The summed E-state index contributed by atoms with van der Waals surface area (Å²) in [6.07, 6.45) is 58.5. The first-order valence-electron chi connectivity index (χ1n) is 29.4. The van der Waals surface area contributed by atoms with E-state index in [0.717, 1.165) is 38.5 Å². The largest absolute Gasteiger partial charge is 0.756 e. The van der Waals surface area contributed by atoms with E-state index in [4.69, 9.17) is 9.05 Å². The second-order valence-corrected chi connectivity index (χ2v) is 23.1. The van der Waals surface area contributed by atoms with Crippen LogP contribution in [0.1, 0.15) is 309 Å². The Kier molecular flexibility index (Phi) is 49.1. The maximum Gasteiger partial charge on any atom is 0.268 e. The van der Waals surface area contributed by atoms with Gasteiger partial charge in [0, 0.05) is 6.42 Å². The van der Waals surface area contributed by atoms with Crippen LogP contribution in [0.15, 0.2) is 0 Å². The summed E-state index contributed by atoms with van der Waals surface area (Å²) in [6, 6.07) is -0.795. The molecule has 0 aliphatic heterocycles. The minimum Gasteiger partial charge on any atom is -0.756 e. The standard InChI is InChI=1S/C57H117N2O6P/c1-6-8-10-12-14-16-18-20-22-24-25-26-27-28-29-30-31-32-33-35-36-38-40-42-44-46-48-50-56(60)55(54-65-66(62,63)64-53-52-59(3,4)5)58-57(61)51-49-47-45-43-41-39-37-34-23-21-19-17-15-13-11-9-7-2/h55-56,60H,6-54H2,1-5H3,(H-,58,61,62,63). The zero-order valence-electron chi connectivity index (χ0n) is 45.2. The molecule has 0 radical (unpaired) electrons. The van der Waals surface area contributed by atoms with Gasteiger partial charge in [-0.3, -0.25) is 9.36 Å². The number of quaternary nitrogens is 1. The Morgan fingerprint density at radius 2 is 0.742 bits per heavy atom. The number of hydrogen-bond donors (Lipinski definition) is 2. The summed E-state index contributed by atoms with van der Waals surface area (Å²) in [6.45, 7) is 4.78. The number of nitrogens with zero attached hydrogens (tertiary/aromatic N) is 1. The summed E-state index contributed by atoms with van der Waals surface area (Å²) >= 11 is 0. The Morgan fingerprint density at radius 1 is 0.470 bits per heavy atom. The predicted octanol–water partition coefficient (Wildman–Crippen LogP) is 17.0. The molecule has 1 amide bonds. The number of carbonyl (C=O) groups excluding carboxylic acids is 1. The molecule has 0 rings (SSSR count). The normalized spacial score (nSPS) is 13.9. The highest BCUT2D eigenvalue weighted by atomic mass is 31.2. The lowest BCUT2D eigenvalue weighted by molar-refractivity contribution is -0.870. The molecule has 396 valence electrons. The van der Waals surface area contributed by atoms with Crippen LogP contribution in [0.4, 0.5) is 0 Å². The Morgan fingerprint density at radius 3 is 1.03 bits per heavy atom. The molecule has 0 aliphatic rings. The van der Waals surface area contributed by atoms with Crippen molar-refractivity contribution in [3.8, 4) is 0 Å². The van der Waals surface area contributed by atoms with Gasteiger partial charge in [0.1, 0.15) is 13.2 Å². The molecule has 0 fully saturated rings. The maximum absolute atomic E-state index is 13.0. The van der Waals surface area contributed by atoms with E-state index in [0.29, 0.717) is 23.9 Å². The molecule has 8 nitrogen and oxygen atoms in total. The first kappa shape index (κ1) is 65.5. The highest BCUT2D eigenvalue weighted by Gasteiger charge is 2.24. The van der Waals surface area contributed by atoms with Crippen molar-refractivity contribution in [2.45, 2.75) is 321 Å². The maximum atomic E-state index is 13.0. The van der Waals surface area contributed by atoms with E-state index >= 15 is 0 Å². The van der Waals surface area contributed by atoms with Gasteiger partial charge in [0.25, 0.3) is 7.82 Å². The number of unbranched alkanes of at least 4 members (excludes halogenated alkanes) is 42. The number of phosphoric ester groups is 1. The number of amides is 1. The molecule has 0 aromatic carbocycles. The molecule has 3 atom stereocenters. The molecule has 0 bridgehead atoms. The van der Waals surface area contributed by atoms with Crippen LogP contribution >= 0.6 is 7.82 Å². The van der Waals surface area contributed by atoms with Crippen LogP contribution in [-0.4, -0.2) is 68.5 Å². The fourth-order valence-corrected chi connectivity index (χ4v) is 9.94. The third-order valence-corrected chi connectivity index (χ3v) is 14.8. The van der Waals surface area contributed by atoms with Gasteiger partial charge < -0.3 is 28.8 Å². The van der Waals surface area contributed by atoms with Crippen LogP contribution in [0.25, 0.3) is 0 Å². The van der Waals surface area contributed by atoms with Crippen LogP contribution in [0, 0.1) is 0 Å². The fraction of sp³-hybridized carbons (Fsp3) is 0.982. The lowest BCUT2D eigenvalue weighted by atomic mass is 10.0. The predicted molar refractivity (Wildman–Crippen MR) is 284 cm³/mol. The first-order valence-corrected chi connectivity index (χ1v) is 30.8. The van der Waals surface area contributed by atoms with Crippen molar-refractivity contribution in [2.24, 2.45) is 0 Å². The minimum atomic E-state index is -4.57. The van der Waals surface area contributed by atoms with Gasteiger partial charge in [-0.1, -0.05) is 290 Å². The lowest BCUT2D eigenvalue weighted by Gasteiger charge is -2.30. The number of nitrogens with one attached hydrogen (secondary N) is 1. The highest BCUT2D eigenvalue weighted by Crippen LogP contribution is 2.38. The van der Waals surface area contributed by atoms with Crippen LogP contribution in [-0.2, 0) is 18.4 Å². The van der Waals surface area contributed by atoms with Gasteiger partial charge in [-0.15, -0.1) is 0 Å². The molecule has 0 saturated heterocycles. The molecule has 0 aromatic heterocycles. The second-order valence-electron chi connectivity index (χ2n) is 21.7. The van der Waals surface area contributed by atoms with E-state index in [1.807, 2.05) is 21.1 Å². The van der Waals surface area contributed by atoms with Crippen LogP contribution in [0.5, 0.6) is 0 Å². The van der Waals surface area contributed by atoms with Crippen LogP contribution in [0.3, 0.4) is 0 Å². The van der Waals surface area contributed by atoms with Crippen molar-refractivity contribution in [2.75, 3.05) is 40.9 Å². The van der Waals surface area contributed by atoms with Gasteiger partial charge in [-0.05, 0) is 12.8 Å². The SMILES string of the molecule is CCCCCCCCCCCCCCCCCCCCCCCCCCCCCC(O)C(COP(=O)([O-])OCC[N+](C)(C)C)NC(=O)CCCCCCCCCCCCCCCCCCC. The monoisotopic (exact) mass is 957 g/mol. The number of phosphoric acid groups is 1. The number of likely N-dealkylation sites (N-methyl/N-ethyl adjacent to an activating group) is 1. The Balaban J connectivity index is 4.08. The number of rotatable bonds is 55. The van der Waals surface area contributed by atoms with Crippen molar-refractivity contribution in [3.05, 3.63) is 0 Å². The fourth-order valence-electron chi connectivity index (χ4n) is 9.22. The summed E-state index contributed by atoms with van der Waals surface area (Å²) in [7, 11) is 1.33. The smallest absolute Gasteiger partial charge is 0.268 e. The molecule has 0 aromatic rings. The number of aliphatic hydroxyl groups is 1. The highest BCUT2D eigenvalue weighted by molar-refractivity contribution is 7.45. The Labute approximate surface area is 412 Å². The van der Waals surface area contributed by atoms with E-state index in [-0.39, 0.29) is 19.1 Å². The topological polar surface area (TPSA) is 108 Å². The first-order chi connectivity index (χ1) is 32.0. The van der Waals surface area contributed by atoms with Gasteiger partial charge in [0.05, 0.1) is 39.9 Å². The molecule has 0 aliphatic carbocycles. The van der Waals surface area contributed by atoms with E-state index in [1.54, 1.807) is 0 Å². The molecule has 2 N–H and O–H groups in total. The summed E-state index contributed by atoms with van der Waals surface area (Å²) in [5.74, 6) is -0.157. The molecular weight excluding hydrogens is 840 g/mol. The summed E-state index contributed by atoms with van der Waals surface area (Å²) < 4.78 is 23.4. The molecular formula is C57H117N2O6P. The molecule has 0 saturated carbocycles. The van der Waals surface area contributed by atoms with Crippen molar-refractivity contribution in [3.63, 3.8) is 0 Å². The van der Waals surface area contributed by atoms with Gasteiger partial charge in [-0.25, -0.2) is 0 Å². The van der Waals surface area contributed by atoms with Gasteiger partial charge >= 0.3 is 0 Å². The average Bonchev–Trinajstić information content (AvgIpc) is 3.28. The van der Waals surface area contributed by atoms with E-state index in [9.17, 15) is 19.4 Å². The quantitative estimate of drug-likeness (QED) is 0.0357. The Hall–Kier alpha value is -0.500. The minimum absolute atomic E-state index is 0.0166. The number of hydrogen-bond acceptors (Lipinski definition) is 6. The van der Waals surface area contributed by atoms with Crippen molar-refractivity contribution >= 4 is 13.7 Å². The Bertz CT molecular complexity index is 1040. The third kappa shape index (κ3) is 51.4. The zero-order valence-corrected chi connectivity index (χ0v) is 46.1. The molecule has 9 heteroatoms. The molecule has 3 unspecified atom stereocenters. The number of aliphatic hydroxyl groups excluding tert-OH is 1. The van der Waals surface area contributed by atoms with E-state index in [2.05, 4.69) is 19.2 Å². The molecule has 66 heavy (non-hydrogen) atoms. The summed E-state index contributed by atoms with van der Waals surface area (Å²) in [5.41, 5.74) is 0. The van der Waals surface area contributed by atoms with Gasteiger partial charge in [0.15, 0.2) is 0 Å². The van der Waals surface area contributed by atoms with Crippen molar-refractivity contribution < 1.29 is 32.9 Å². The molecule has 0 heterocycles. The lowest BCUT2D eigenvalue weighted by Crippen LogP contribution is -2.46. The third-order valence-electron chi connectivity index (χ3n) is 13.8. The average molecular weight is 958 g/mol. The number of carbonyl (C=O) groups is 1. The second kappa shape index (κ2) is 49.5. The van der Waals surface area contributed by atoms with Crippen molar-refractivity contribution in [1.29, 1.82) is 0 Å². The molecule has 0 spiro atoms. The van der Waals surface area contributed by atoms with E-state index < -0.39 is 20.0 Å².